The van der Waals surface area contributed by atoms with Gasteiger partial charge in [0.1, 0.15) is 0 Å². The van der Waals surface area contributed by atoms with Crippen molar-refractivity contribution in [1.29, 1.82) is 0 Å². The van der Waals surface area contributed by atoms with Crippen LogP contribution in [0.5, 0.6) is 0 Å². The summed E-state index contributed by atoms with van der Waals surface area (Å²) in [6.07, 6.45) is 3.30. The number of aliphatic hydroxyl groups is 1. The van der Waals surface area contributed by atoms with Gasteiger partial charge in [-0.3, -0.25) is 0 Å². The molecule has 1 N–H and O–H groups in total. The van der Waals surface area contributed by atoms with Crippen molar-refractivity contribution in [3.8, 4) is 0 Å². The summed E-state index contributed by atoms with van der Waals surface area (Å²) in [4.78, 5) is 0. The van der Waals surface area contributed by atoms with Crippen molar-refractivity contribution in [2.75, 3.05) is 20.3 Å². The largest absolute Gasteiger partial charge is 0.390 e. The normalized spacial score (nSPS) is 15.4. The first-order valence-corrected chi connectivity index (χ1v) is 5.54. The van der Waals surface area contributed by atoms with Gasteiger partial charge in [-0.15, -0.1) is 0 Å². The molecule has 2 atom stereocenters. The molecule has 86 valence electrons. The number of methoxy groups -OCH3 is 1. The van der Waals surface area contributed by atoms with Crippen LogP contribution < -0.4 is 0 Å². The van der Waals surface area contributed by atoms with Crippen LogP contribution >= 0.6 is 0 Å². The van der Waals surface area contributed by atoms with Gasteiger partial charge >= 0.3 is 0 Å². The Balaban J connectivity index is 3.69. The molecule has 0 aliphatic heterocycles. The molecule has 2 unspecified atom stereocenters. The highest BCUT2D eigenvalue weighted by Gasteiger charge is 2.17. The molecular formula is C11H24O3. The molecule has 0 aliphatic carbocycles. The fourth-order valence-corrected chi connectivity index (χ4v) is 1.51. The molecule has 0 rings (SSSR count). The number of hydrogen-bond donors (Lipinski definition) is 1. The Bertz CT molecular complexity index is 111. The minimum atomic E-state index is -0.343. The van der Waals surface area contributed by atoms with E-state index in [1.54, 1.807) is 7.11 Å². The highest BCUT2D eigenvalue weighted by atomic mass is 16.5. The SMILES string of the molecule is CCCC(OCC)C(O)CCCOC. The Morgan fingerprint density at radius 2 is 1.93 bits per heavy atom. The Morgan fingerprint density at radius 1 is 1.21 bits per heavy atom. The smallest absolute Gasteiger partial charge is 0.0833 e. The van der Waals surface area contributed by atoms with Crippen LogP contribution in [0.15, 0.2) is 0 Å². The van der Waals surface area contributed by atoms with Gasteiger partial charge in [-0.1, -0.05) is 13.3 Å². The van der Waals surface area contributed by atoms with Gasteiger partial charge in [0.15, 0.2) is 0 Å². The van der Waals surface area contributed by atoms with Gasteiger partial charge in [0, 0.05) is 20.3 Å². The summed E-state index contributed by atoms with van der Waals surface area (Å²) < 4.78 is 10.4. The lowest BCUT2D eigenvalue weighted by atomic mass is 10.0. The van der Waals surface area contributed by atoms with Crippen molar-refractivity contribution in [3.63, 3.8) is 0 Å². The maximum Gasteiger partial charge on any atom is 0.0833 e. The van der Waals surface area contributed by atoms with E-state index in [2.05, 4.69) is 6.92 Å². The van der Waals surface area contributed by atoms with Crippen LogP contribution in [0.2, 0.25) is 0 Å². The second-order valence-electron chi connectivity index (χ2n) is 3.48. The Morgan fingerprint density at radius 3 is 2.43 bits per heavy atom. The van der Waals surface area contributed by atoms with Gasteiger partial charge in [-0.25, -0.2) is 0 Å². The monoisotopic (exact) mass is 204 g/mol. The van der Waals surface area contributed by atoms with Crippen molar-refractivity contribution < 1.29 is 14.6 Å². The molecule has 0 spiro atoms. The molecular weight excluding hydrogens is 180 g/mol. The van der Waals surface area contributed by atoms with E-state index in [1.165, 1.54) is 0 Å². The second-order valence-corrected chi connectivity index (χ2v) is 3.48. The lowest BCUT2D eigenvalue weighted by molar-refractivity contribution is -0.0423. The third-order valence-corrected chi connectivity index (χ3v) is 2.23. The Kier molecular flexibility index (Phi) is 9.35. The summed E-state index contributed by atoms with van der Waals surface area (Å²) in [5.41, 5.74) is 0. The van der Waals surface area contributed by atoms with Crippen molar-refractivity contribution in [1.82, 2.24) is 0 Å². The molecule has 0 aromatic heterocycles. The van der Waals surface area contributed by atoms with E-state index in [0.717, 1.165) is 25.7 Å². The number of aliphatic hydroxyl groups excluding tert-OH is 1. The fourth-order valence-electron chi connectivity index (χ4n) is 1.51. The van der Waals surface area contributed by atoms with Crippen LogP contribution in [0, 0.1) is 0 Å². The zero-order valence-electron chi connectivity index (χ0n) is 9.66. The molecule has 0 aromatic carbocycles. The minimum absolute atomic E-state index is 0.00172. The van der Waals surface area contributed by atoms with Crippen LogP contribution in [0.4, 0.5) is 0 Å². The highest BCUT2D eigenvalue weighted by molar-refractivity contribution is 4.68. The molecule has 14 heavy (non-hydrogen) atoms. The van der Waals surface area contributed by atoms with Crippen LogP contribution in [0.25, 0.3) is 0 Å². The minimum Gasteiger partial charge on any atom is -0.390 e. The summed E-state index contributed by atoms with van der Waals surface area (Å²) in [5.74, 6) is 0. The predicted octanol–water partition coefficient (Wildman–Crippen LogP) is 1.98. The van der Waals surface area contributed by atoms with E-state index >= 15 is 0 Å². The van der Waals surface area contributed by atoms with E-state index in [9.17, 15) is 5.11 Å². The Labute approximate surface area is 87.4 Å². The summed E-state index contributed by atoms with van der Waals surface area (Å²) in [6.45, 7) is 5.45. The molecule has 3 heteroatoms. The Hall–Kier alpha value is -0.120. The zero-order valence-corrected chi connectivity index (χ0v) is 9.66. The highest BCUT2D eigenvalue weighted by Crippen LogP contribution is 2.12. The van der Waals surface area contributed by atoms with Gasteiger partial charge in [-0.05, 0) is 26.2 Å². The zero-order chi connectivity index (χ0) is 10.8. The first-order chi connectivity index (χ1) is 6.76. The predicted molar refractivity (Wildman–Crippen MR) is 57.4 cm³/mol. The van der Waals surface area contributed by atoms with Gasteiger partial charge in [0.25, 0.3) is 0 Å². The lowest BCUT2D eigenvalue weighted by Crippen LogP contribution is -2.29. The number of rotatable bonds is 9. The van der Waals surface area contributed by atoms with Crippen LogP contribution in [-0.2, 0) is 9.47 Å². The van der Waals surface area contributed by atoms with E-state index in [0.29, 0.717) is 13.2 Å². The van der Waals surface area contributed by atoms with Crippen LogP contribution in [-0.4, -0.2) is 37.6 Å². The van der Waals surface area contributed by atoms with E-state index in [4.69, 9.17) is 9.47 Å². The van der Waals surface area contributed by atoms with E-state index < -0.39 is 0 Å². The summed E-state index contributed by atoms with van der Waals surface area (Å²) in [5, 5.41) is 9.82. The molecule has 0 saturated heterocycles. The molecule has 0 aromatic rings. The molecule has 0 aliphatic rings. The third-order valence-electron chi connectivity index (χ3n) is 2.23. The maximum absolute atomic E-state index is 9.82. The molecule has 0 saturated carbocycles. The number of hydrogen-bond acceptors (Lipinski definition) is 3. The average molecular weight is 204 g/mol. The molecule has 0 heterocycles. The summed E-state index contributed by atoms with van der Waals surface area (Å²) in [7, 11) is 1.68. The summed E-state index contributed by atoms with van der Waals surface area (Å²) >= 11 is 0. The van der Waals surface area contributed by atoms with Crippen LogP contribution in [0.1, 0.15) is 39.5 Å². The molecule has 0 radical (unpaired) electrons. The first-order valence-electron chi connectivity index (χ1n) is 5.54. The topological polar surface area (TPSA) is 38.7 Å². The van der Waals surface area contributed by atoms with Gasteiger partial charge in [-0.2, -0.15) is 0 Å². The van der Waals surface area contributed by atoms with Crippen molar-refractivity contribution in [2.45, 2.75) is 51.7 Å². The van der Waals surface area contributed by atoms with Crippen molar-refractivity contribution >= 4 is 0 Å². The van der Waals surface area contributed by atoms with Crippen molar-refractivity contribution in [3.05, 3.63) is 0 Å². The third kappa shape index (κ3) is 6.35. The van der Waals surface area contributed by atoms with Gasteiger partial charge in [0.05, 0.1) is 12.2 Å². The first kappa shape index (κ1) is 13.9. The fraction of sp³-hybridized carbons (Fsp3) is 1.00. The van der Waals surface area contributed by atoms with Crippen LogP contribution in [0.3, 0.4) is 0 Å². The van der Waals surface area contributed by atoms with Crippen molar-refractivity contribution in [2.24, 2.45) is 0 Å². The standard InChI is InChI=1S/C11H24O3/c1-4-7-11(14-5-2)10(12)8-6-9-13-3/h10-12H,4-9H2,1-3H3. The maximum atomic E-state index is 9.82. The molecule has 0 fully saturated rings. The van der Waals surface area contributed by atoms with Gasteiger partial charge < -0.3 is 14.6 Å². The molecule has 3 nitrogen and oxygen atoms in total. The number of ether oxygens (including phenoxy) is 2. The average Bonchev–Trinajstić information content (AvgIpc) is 2.18. The molecule has 0 amide bonds. The second kappa shape index (κ2) is 9.44. The van der Waals surface area contributed by atoms with E-state index in [-0.39, 0.29) is 12.2 Å². The lowest BCUT2D eigenvalue weighted by Gasteiger charge is -2.22. The van der Waals surface area contributed by atoms with Gasteiger partial charge in [0.2, 0.25) is 0 Å². The van der Waals surface area contributed by atoms with E-state index in [1.807, 2.05) is 6.92 Å². The molecule has 0 bridgehead atoms. The quantitative estimate of drug-likeness (QED) is 0.584. The summed E-state index contributed by atoms with van der Waals surface area (Å²) in [6, 6.07) is 0.